The van der Waals surface area contributed by atoms with Gasteiger partial charge in [-0.3, -0.25) is 4.79 Å². The molecule has 0 spiro atoms. The smallest absolute Gasteiger partial charge is 0.321 e. The molecule has 142 valence electrons. The first-order valence-corrected chi connectivity index (χ1v) is 8.67. The van der Waals surface area contributed by atoms with Crippen molar-refractivity contribution in [2.24, 2.45) is 5.92 Å². The van der Waals surface area contributed by atoms with Crippen molar-refractivity contribution in [1.29, 1.82) is 0 Å². The number of aryl methyl sites for hydroxylation is 1. The molecule has 1 fully saturated rings. The molecule has 0 radical (unpaired) electrons. The van der Waals surface area contributed by atoms with Crippen LogP contribution in [0.15, 0.2) is 36.5 Å². The molecule has 3 amide bonds. The number of amides is 3. The molecule has 0 saturated carbocycles. The van der Waals surface area contributed by atoms with Crippen molar-refractivity contribution in [3.05, 3.63) is 53.7 Å². The second kappa shape index (κ2) is 8.11. The lowest BCUT2D eigenvalue weighted by atomic mass is 9.97. The quantitative estimate of drug-likeness (QED) is 0.863. The number of likely N-dealkylation sites (tertiary alicyclic amines) is 1. The van der Waals surface area contributed by atoms with Crippen molar-refractivity contribution in [2.45, 2.75) is 19.8 Å². The molecule has 1 aromatic heterocycles. The van der Waals surface area contributed by atoms with E-state index in [-0.39, 0.29) is 24.1 Å². The van der Waals surface area contributed by atoms with Crippen LogP contribution in [-0.4, -0.2) is 34.9 Å². The number of halogens is 2. The number of nitrogens with zero attached hydrogens (tertiary/aromatic N) is 2. The van der Waals surface area contributed by atoms with Gasteiger partial charge in [0.25, 0.3) is 0 Å². The number of aromatic nitrogens is 1. The zero-order valence-corrected chi connectivity index (χ0v) is 14.8. The van der Waals surface area contributed by atoms with Crippen molar-refractivity contribution < 1.29 is 18.4 Å². The van der Waals surface area contributed by atoms with E-state index in [1.807, 2.05) is 13.0 Å². The Morgan fingerprint density at radius 2 is 2.00 bits per heavy atom. The zero-order chi connectivity index (χ0) is 19.4. The molecular weight excluding hydrogens is 354 g/mol. The van der Waals surface area contributed by atoms with Gasteiger partial charge in [-0.1, -0.05) is 6.07 Å². The molecule has 0 aliphatic carbocycles. The second-order valence-corrected chi connectivity index (χ2v) is 6.55. The maximum Gasteiger partial charge on any atom is 0.321 e. The number of hydrogen-bond acceptors (Lipinski definition) is 3. The van der Waals surface area contributed by atoms with Gasteiger partial charge in [-0.05, 0) is 43.5 Å². The predicted octanol–water partition coefficient (Wildman–Crippen LogP) is 3.55. The van der Waals surface area contributed by atoms with Crippen LogP contribution >= 0.6 is 0 Å². The molecule has 1 aliphatic rings. The largest absolute Gasteiger partial charge is 0.324 e. The minimum Gasteiger partial charge on any atom is -0.324 e. The Hall–Kier alpha value is -3.03. The zero-order valence-electron chi connectivity index (χ0n) is 14.8. The number of carbonyl (C=O) groups excluding carboxylic acids is 2. The van der Waals surface area contributed by atoms with Crippen molar-refractivity contribution in [2.75, 3.05) is 23.7 Å². The van der Waals surface area contributed by atoms with Crippen LogP contribution in [0.2, 0.25) is 0 Å². The highest BCUT2D eigenvalue weighted by Crippen LogP contribution is 2.21. The Balaban J connectivity index is 1.60. The van der Waals surface area contributed by atoms with Gasteiger partial charge in [0.2, 0.25) is 5.91 Å². The second-order valence-electron chi connectivity index (χ2n) is 6.55. The summed E-state index contributed by atoms with van der Waals surface area (Å²) in [7, 11) is 0. The van der Waals surface area contributed by atoms with E-state index in [0.29, 0.717) is 31.3 Å². The fraction of sp³-hybridized carbons (Fsp3) is 0.316. The molecule has 3 rings (SSSR count). The molecule has 2 heterocycles. The van der Waals surface area contributed by atoms with Crippen LogP contribution in [0.3, 0.4) is 0 Å². The Morgan fingerprint density at radius 3 is 2.70 bits per heavy atom. The van der Waals surface area contributed by atoms with E-state index in [4.69, 9.17) is 0 Å². The van der Waals surface area contributed by atoms with E-state index < -0.39 is 17.7 Å². The molecule has 1 atom stereocenters. The average Bonchev–Trinajstić information content (AvgIpc) is 2.66. The number of carbonyl (C=O) groups is 2. The summed E-state index contributed by atoms with van der Waals surface area (Å²) in [5.41, 5.74) is 0.887. The molecule has 1 aliphatic heterocycles. The van der Waals surface area contributed by atoms with Gasteiger partial charge in [0.15, 0.2) is 0 Å². The lowest BCUT2D eigenvalue weighted by Gasteiger charge is -2.32. The molecule has 0 bridgehead atoms. The summed E-state index contributed by atoms with van der Waals surface area (Å²) >= 11 is 0. The maximum absolute atomic E-state index is 13.7. The SMILES string of the molecule is Cc1ccc(NC(=O)C2CCCN(C(=O)Nc3ccc(F)cc3F)C2)nc1. The van der Waals surface area contributed by atoms with E-state index in [1.165, 1.54) is 11.0 Å². The third-order valence-corrected chi connectivity index (χ3v) is 4.41. The van der Waals surface area contributed by atoms with Gasteiger partial charge >= 0.3 is 6.03 Å². The van der Waals surface area contributed by atoms with Crippen LogP contribution in [0.5, 0.6) is 0 Å². The molecule has 1 aromatic carbocycles. The van der Waals surface area contributed by atoms with Crippen molar-refractivity contribution in [3.8, 4) is 0 Å². The molecule has 1 saturated heterocycles. The van der Waals surface area contributed by atoms with Gasteiger partial charge in [0.1, 0.15) is 17.5 Å². The lowest BCUT2D eigenvalue weighted by molar-refractivity contribution is -0.121. The number of anilines is 2. The van der Waals surface area contributed by atoms with Crippen LogP contribution in [0.25, 0.3) is 0 Å². The van der Waals surface area contributed by atoms with Crippen LogP contribution < -0.4 is 10.6 Å². The Bertz CT molecular complexity index is 842. The third kappa shape index (κ3) is 4.78. The monoisotopic (exact) mass is 374 g/mol. The third-order valence-electron chi connectivity index (χ3n) is 4.41. The molecule has 8 heteroatoms. The number of benzene rings is 1. The van der Waals surface area contributed by atoms with E-state index in [2.05, 4.69) is 15.6 Å². The number of urea groups is 1. The van der Waals surface area contributed by atoms with Gasteiger partial charge < -0.3 is 15.5 Å². The van der Waals surface area contributed by atoms with Crippen LogP contribution in [0, 0.1) is 24.5 Å². The predicted molar refractivity (Wildman–Crippen MR) is 97.3 cm³/mol. The summed E-state index contributed by atoms with van der Waals surface area (Å²) in [6.07, 6.45) is 2.96. The van der Waals surface area contributed by atoms with Gasteiger partial charge in [0.05, 0.1) is 11.6 Å². The summed E-state index contributed by atoms with van der Waals surface area (Å²) < 4.78 is 26.7. The maximum atomic E-state index is 13.7. The topological polar surface area (TPSA) is 74.3 Å². The molecule has 2 aromatic rings. The Morgan fingerprint density at radius 1 is 1.19 bits per heavy atom. The van der Waals surface area contributed by atoms with E-state index in [9.17, 15) is 18.4 Å². The van der Waals surface area contributed by atoms with E-state index in [1.54, 1.807) is 12.3 Å². The summed E-state index contributed by atoms with van der Waals surface area (Å²) in [6.45, 7) is 2.58. The van der Waals surface area contributed by atoms with Crippen molar-refractivity contribution in [1.82, 2.24) is 9.88 Å². The lowest BCUT2D eigenvalue weighted by Crippen LogP contribution is -2.45. The Kier molecular flexibility index (Phi) is 5.63. The van der Waals surface area contributed by atoms with Gasteiger partial charge in [-0.2, -0.15) is 0 Å². The minimum atomic E-state index is -0.847. The van der Waals surface area contributed by atoms with Crippen LogP contribution in [0.1, 0.15) is 18.4 Å². The number of piperidine rings is 1. The Labute approximate surface area is 155 Å². The van der Waals surface area contributed by atoms with Crippen molar-refractivity contribution >= 4 is 23.4 Å². The summed E-state index contributed by atoms with van der Waals surface area (Å²) in [5.74, 6) is -1.70. The first kappa shape index (κ1) is 18.8. The summed E-state index contributed by atoms with van der Waals surface area (Å²) in [6, 6.07) is 5.99. The molecule has 27 heavy (non-hydrogen) atoms. The van der Waals surface area contributed by atoms with Gasteiger partial charge in [0, 0.05) is 25.4 Å². The first-order chi connectivity index (χ1) is 12.9. The highest BCUT2D eigenvalue weighted by molar-refractivity contribution is 5.93. The van der Waals surface area contributed by atoms with E-state index in [0.717, 1.165) is 11.6 Å². The average molecular weight is 374 g/mol. The molecule has 1 unspecified atom stereocenters. The molecule has 2 N–H and O–H groups in total. The summed E-state index contributed by atoms with van der Waals surface area (Å²) in [4.78, 5) is 30.4. The van der Waals surface area contributed by atoms with Gasteiger partial charge in [-0.25, -0.2) is 18.6 Å². The van der Waals surface area contributed by atoms with E-state index >= 15 is 0 Å². The number of hydrogen-bond donors (Lipinski definition) is 2. The molecule has 6 nitrogen and oxygen atoms in total. The highest BCUT2D eigenvalue weighted by atomic mass is 19.1. The van der Waals surface area contributed by atoms with Crippen LogP contribution in [0.4, 0.5) is 25.1 Å². The number of pyridine rings is 1. The van der Waals surface area contributed by atoms with Crippen LogP contribution in [-0.2, 0) is 4.79 Å². The normalized spacial score (nSPS) is 16.7. The van der Waals surface area contributed by atoms with Gasteiger partial charge in [-0.15, -0.1) is 0 Å². The van der Waals surface area contributed by atoms with Crippen molar-refractivity contribution in [3.63, 3.8) is 0 Å². The standard InChI is InChI=1S/C19H20F2N4O2/c1-12-4-7-17(22-10-12)24-18(26)13-3-2-8-25(11-13)19(27)23-16-6-5-14(20)9-15(16)21/h4-7,9-10,13H,2-3,8,11H2,1H3,(H,23,27)(H,22,24,26). The highest BCUT2D eigenvalue weighted by Gasteiger charge is 2.29. The first-order valence-electron chi connectivity index (χ1n) is 8.67. The fourth-order valence-electron chi connectivity index (χ4n) is 2.93. The number of rotatable bonds is 3. The molecular formula is C19H20F2N4O2. The fourth-order valence-corrected chi connectivity index (χ4v) is 2.93. The summed E-state index contributed by atoms with van der Waals surface area (Å²) in [5, 5.41) is 5.18. The number of nitrogens with one attached hydrogen (secondary N) is 2. The minimum absolute atomic E-state index is 0.100.